The Balaban J connectivity index is 1.73. The van der Waals surface area contributed by atoms with Gasteiger partial charge >= 0.3 is 5.69 Å². The maximum Gasteiger partial charge on any atom is 0.332 e. The van der Waals surface area contributed by atoms with Crippen molar-refractivity contribution in [1.29, 1.82) is 0 Å². The minimum absolute atomic E-state index is 0.273. The number of aromatic nitrogens is 4. The molecule has 0 atom stereocenters. The van der Waals surface area contributed by atoms with E-state index < -0.39 is 11.2 Å². The molecule has 0 N–H and O–H groups in total. The molecule has 1 aliphatic heterocycles. The third-order valence-corrected chi connectivity index (χ3v) is 5.70. The van der Waals surface area contributed by atoms with Gasteiger partial charge in [0.05, 0.1) is 18.8 Å². The zero-order valence-electron chi connectivity index (χ0n) is 17.9. The van der Waals surface area contributed by atoms with E-state index in [1.54, 1.807) is 28.8 Å². The van der Waals surface area contributed by atoms with Crippen molar-refractivity contribution < 1.29 is 4.39 Å². The lowest BCUT2D eigenvalue weighted by Crippen LogP contribution is -2.38. The average molecular weight is 432 g/mol. The van der Waals surface area contributed by atoms with Crippen molar-refractivity contribution in [3.8, 4) is 0 Å². The summed E-state index contributed by atoms with van der Waals surface area (Å²) in [5, 5.41) is 6.52. The van der Waals surface area contributed by atoms with Crippen LogP contribution in [0.1, 0.15) is 16.7 Å². The number of benzene rings is 2. The highest BCUT2D eigenvalue weighted by Gasteiger charge is 2.28. The molecule has 2 aromatic heterocycles. The molecule has 0 spiro atoms. The van der Waals surface area contributed by atoms with Gasteiger partial charge in [-0.2, -0.15) is 10.1 Å². The van der Waals surface area contributed by atoms with Crippen LogP contribution in [0.2, 0.25) is 0 Å². The highest BCUT2D eigenvalue weighted by molar-refractivity contribution is 6.02. The van der Waals surface area contributed by atoms with Gasteiger partial charge in [0.25, 0.3) is 5.56 Å². The molecule has 0 fully saturated rings. The van der Waals surface area contributed by atoms with Gasteiger partial charge in [-0.15, -0.1) is 0 Å². The molecule has 0 saturated heterocycles. The number of hydrazone groups is 1. The fourth-order valence-electron chi connectivity index (χ4n) is 4.03. The largest absolute Gasteiger partial charge is 0.332 e. The number of aryl methyl sites for hydroxylation is 2. The van der Waals surface area contributed by atoms with Crippen molar-refractivity contribution in [1.82, 2.24) is 18.7 Å². The second-order valence-corrected chi connectivity index (χ2v) is 7.98. The maximum atomic E-state index is 13.5. The van der Waals surface area contributed by atoms with Crippen LogP contribution in [-0.4, -0.2) is 24.4 Å². The molecular weight excluding hydrogens is 411 g/mol. The number of fused-ring (bicyclic) bond motifs is 3. The van der Waals surface area contributed by atoms with Gasteiger partial charge in [-0.3, -0.25) is 18.5 Å². The van der Waals surface area contributed by atoms with E-state index in [1.807, 2.05) is 25.1 Å². The van der Waals surface area contributed by atoms with Crippen molar-refractivity contribution in [3.05, 3.63) is 91.9 Å². The van der Waals surface area contributed by atoms with Crippen LogP contribution >= 0.6 is 0 Å². The van der Waals surface area contributed by atoms with Crippen LogP contribution in [0.15, 0.2) is 63.2 Å². The zero-order valence-corrected chi connectivity index (χ0v) is 17.9. The fourth-order valence-corrected chi connectivity index (χ4v) is 4.03. The molecule has 162 valence electrons. The summed E-state index contributed by atoms with van der Waals surface area (Å²) in [6.07, 6.45) is 0. The summed E-state index contributed by atoms with van der Waals surface area (Å²) >= 11 is 0. The molecule has 4 aromatic rings. The molecule has 32 heavy (non-hydrogen) atoms. The van der Waals surface area contributed by atoms with Crippen LogP contribution in [0.3, 0.4) is 0 Å². The second-order valence-electron chi connectivity index (χ2n) is 7.98. The molecule has 0 unspecified atom stereocenters. The lowest BCUT2D eigenvalue weighted by atomic mass is 10.1. The van der Waals surface area contributed by atoms with Gasteiger partial charge in [0.1, 0.15) is 5.82 Å². The van der Waals surface area contributed by atoms with E-state index in [2.05, 4.69) is 11.1 Å². The lowest BCUT2D eigenvalue weighted by molar-refractivity contribution is 0.627. The minimum atomic E-state index is -0.442. The summed E-state index contributed by atoms with van der Waals surface area (Å²) in [5.74, 6) is 0.144. The quantitative estimate of drug-likeness (QED) is 0.498. The first kappa shape index (κ1) is 19.9. The van der Waals surface area contributed by atoms with E-state index >= 15 is 0 Å². The third-order valence-electron chi connectivity index (χ3n) is 5.70. The van der Waals surface area contributed by atoms with Gasteiger partial charge in [0.15, 0.2) is 11.2 Å². The Morgan fingerprint density at radius 1 is 1.03 bits per heavy atom. The van der Waals surface area contributed by atoms with Crippen LogP contribution in [0.25, 0.3) is 11.2 Å². The van der Waals surface area contributed by atoms with Crippen molar-refractivity contribution in [2.75, 3.05) is 5.01 Å². The molecule has 0 amide bonds. The van der Waals surface area contributed by atoms with Gasteiger partial charge in [0.2, 0.25) is 5.95 Å². The van der Waals surface area contributed by atoms with Crippen molar-refractivity contribution >= 4 is 22.8 Å². The van der Waals surface area contributed by atoms with Crippen molar-refractivity contribution in [2.24, 2.45) is 19.2 Å². The zero-order chi connectivity index (χ0) is 22.6. The predicted molar refractivity (Wildman–Crippen MR) is 121 cm³/mol. The predicted octanol–water partition coefficient (Wildman–Crippen LogP) is 2.31. The van der Waals surface area contributed by atoms with E-state index in [-0.39, 0.29) is 12.4 Å². The van der Waals surface area contributed by atoms with Gasteiger partial charge in [-0.1, -0.05) is 42.0 Å². The average Bonchev–Trinajstić information content (AvgIpc) is 3.17. The van der Waals surface area contributed by atoms with E-state index in [0.29, 0.717) is 29.4 Å². The van der Waals surface area contributed by atoms with Crippen molar-refractivity contribution in [2.45, 2.75) is 20.0 Å². The van der Waals surface area contributed by atoms with Crippen LogP contribution < -0.4 is 16.3 Å². The van der Waals surface area contributed by atoms with Gasteiger partial charge in [-0.05, 0) is 30.2 Å². The SMILES string of the molecule is Cc1cccc(CN2N=C(c3ccc(F)cc3)Cn3c2nc2c3c(=O)n(C)c(=O)n2C)c1. The highest BCUT2D eigenvalue weighted by Crippen LogP contribution is 2.27. The minimum Gasteiger partial charge on any atom is -0.297 e. The summed E-state index contributed by atoms with van der Waals surface area (Å²) in [4.78, 5) is 30.1. The molecular formula is C23H21FN6O2. The molecule has 5 rings (SSSR count). The van der Waals surface area contributed by atoms with E-state index in [1.165, 1.54) is 23.7 Å². The number of hydrogen-bond donors (Lipinski definition) is 0. The Hall–Kier alpha value is -4.01. The highest BCUT2D eigenvalue weighted by atomic mass is 19.1. The molecule has 0 radical (unpaired) electrons. The number of halogens is 1. The second kappa shape index (κ2) is 7.30. The van der Waals surface area contributed by atoms with Crippen LogP contribution in [0, 0.1) is 12.7 Å². The summed E-state index contributed by atoms with van der Waals surface area (Å²) in [7, 11) is 3.04. The molecule has 8 nitrogen and oxygen atoms in total. The van der Waals surface area contributed by atoms with Crippen LogP contribution in [-0.2, 0) is 27.2 Å². The topological polar surface area (TPSA) is 77.4 Å². The van der Waals surface area contributed by atoms with E-state index in [4.69, 9.17) is 5.10 Å². The number of nitrogens with zero attached hydrogens (tertiary/aromatic N) is 6. The Morgan fingerprint density at radius 3 is 2.50 bits per heavy atom. The summed E-state index contributed by atoms with van der Waals surface area (Å²) in [6.45, 7) is 2.71. The Kier molecular flexibility index (Phi) is 4.54. The molecule has 0 saturated carbocycles. The van der Waals surface area contributed by atoms with Gasteiger partial charge in [-0.25, -0.2) is 14.2 Å². The van der Waals surface area contributed by atoms with Crippen molar-refractivity contribution in [3.63, 3.8) is 0 Å². The summed E-state index contributed by atoms with van der Waals surface area (Å²) in [6, 6.07) is 14.1. The summed E-state index contributed by atoms with van der Waals surface area (Å²) in [5.41, 5.74) is 3.32. The monoisotopic (exact) mass is 432 g/mol. The molecule has 0 aliphatic carbocycles. The number of imidazole rings is 1. The maximum absolute atomic E-state index is 13.5. The standard InChI is InChI=1S/C23H21FN6O2/c1-14-5-4-6-15(11-14)12-30-22-25-20-19(21(31)28(3)23(32)27(20)2)29(22)13-18(26-30)16-7-9-17(24)10-8-16/h4-11H,12-13H2,1-3H3. The number of anilines is 1. The summed E-state index contributed by atoms with van der Waals surface area (Å²) < 4.78 is 17.7. The molecule has 0 bridgehead atoms. The first-order valence-electron chi connectivity index (χ1n) is 10.2. The third kappa shape index (κ3) is 3.13. The molecule has 2 aromatic carbocycles. The fraction of sp³-hybridized carbons (Fsp3) is 0.217. The first-order chi connectivity index (χ1) is 15.3. The number of hydrogen-bond acceptors (Lipinski definition) is 5. The van der Waals surface area contributed by atoms with Gasteiger partial charge in [0, 0.05) is 14.1 Å². The molecule has 3 heterocycles. The molecule has 1 aliphatic rings. The Bertz CT molecular complexity index is 1510. The van der Waals surface area contributed by atoms with E-state index in [0.717, 1.165) is 21.3 Å². The lowest BCUT2D eigenvalue weighted by Gasteiger charge is -2.26. The van der Waals surface area contributed by atoms with Crippen LogP contribution in [0.5, 0.6) is 0 Å². The Morgan fingerprint density at radius 2 is 1.78 bits per heavy atom. The van der Waals surface area contributed by atoms with Crippen LogP contribution in [0.4, 0.5) is 10.3 Å². The smallest absolute Gasteiger partial charge is 0.297 e. The van der Waals surface area contributed by atoms with Gasteiger partial charge < -0.3 is 0 Å². The normalized spacial score (nSPS) is 13.4. The molecule has 9 heteroatoms. The Labute approximate surface area is 182 Å². The van der Waals surface area contributed by atoms with E-state index in [9.17, 15) is 14.0 Å². The first-order valence-corrected chi connectivity index (χ1v) is 10.2. The number of rotatable bonds is 3.